The van der Waals surface area contributed by atoms with E-state index in [2.05, 4.69) is 170 Å². The van der Waals surface area contributed by atoms with Gasteiger partial charge in [-0.25, -0.2) is 9.97 Å². The van der Waals surface area contributed by atoms with Crippen LogP contribution in [0.4, 0.5) is 0 Å². The number of rotatable bonds is 4. The van der Waals surface area contributed by atoms with Gasteiger partial charge in [0.05, 0.1) is 11.4 Å². The molecule has 2 atom stereocenters. The summed E-state index contributed by atoms with van der Waals surface area (Å²) >= 11 is 0. The minimum absolute atomic E-state index is 0.173. The largest absolute Gasteiger partial charge is 0.232 e. The van der Waals surface area contributed by atoms with Crippen molar-refractivity contribution < 1.29 is 0 Å². The van der Waals surface area contributed by atoms with E-state index >= 15 is 0 Å². The van der Waals surface area contributed by atoms with Gasteiger partial charge in [-0.05, 0) is 71.8 Å². The summed E-state index contributed by atoms with van der Waals surface area (Å²) in [6, 6.07) is 48.3. The van der Waals surface area contributed by atoms with E-state index in [0.29, 0.717) is 0 Å². The Labute approximate surface area is 290 Å². The van der Waals surface area contributed by atoms with Crippen molar-refractivity contribution in [3.63, 3.8) is 0 Å². The molecule has 0 saturated carbocycles. The maximum Gasteiger partial charge on any atom is 0.160 e. The Morgan fingerprint density at radius 1 is 0.500 bits per heavy atom. The molecule has 0 radical (unpaired) electrons. The molecule has 2 unspecified atom stereocenters. The van der Waals surface area contributed by atoms with Gasteiger partial charge in [0, 0.05) is 28.5 Å². The van der Waals surface area contributed by atoms with Crippen LogP contribution >= 0.6 is 0 Å². The van der Waals surface area contributed by atoms with E-state index in [4.69, 9.17) is 9.97 Å². The lowest BCUT2D eigenvalue weighted by Gasteiger charge is -2.24. The van der Waals surface area contributed by atoms with E-state index in [1.807, 2.05) is 0 Å². The van der Waals surface area contributed by atoms with Gasteiger partial charge in [0.1, 0.15) is 0 Å². The van der Waals surface area contributed by atoms with Gasteiger partial charge in [0.2, 0.25) is 0 Å². The van der Waals surface area contributed by atoms with Crippen molar-refractivity contribution in [2.45, 2.75) is 5.92 Å². The summed E-state index contributed by atoms with van der Waals surface area (Å²) in [4.78, 5) is 10.9. The number of aromatic nitrogens is 2. The normalized spacial score (nSPS) is 17.3. The van der Waals surface area contributed by atoms with Gasteiger partial charge in [-0.2, -0.15) is 0 Å². The minimum Gasteiger partial charge on any atom is -0.232 e. The molecule has 11 rings (SSSR count). The van der Waals surface area contributed by atoms with E-state index in [1.165, 1.54) is 71.3 Å². The van der Waals surface area contributed by atoms with Crippen molar-refractivity contribution in [2.24, 2.45) is 5.92 Å². The van der Waals surface area contributed by atoms with Crippen LogP contribution in [0, 0.1) is 5.92 Å². The fraction of sp³-hybridized carbons (Fsp3) is 0.0417. The predicted octanol–water partition coefficient (Wildman–Crippen LogP) is 12.2. The zero-order valence-electron chi connectivity index (χ0n) is 27.2. The van der Waals surface area contributed by atoms with Gasteiger partial charge >= 0.3 is 0 Å². The monoisotopic (exact) mass is 634 g/mol. The van der Waals surface area contributed by atoms with Crippen molar-refractivity contribution in [1.29, 1.82) is 0 Å². The van der Waals surface area contributed by atoms with Crippen LogP contribution in [-0.2, 0) is 0 Å². The van der Waals surface area contributed by atoms with Crippen molar-refractivity contribution in [3.05, 3.63) is 187 Å². The van der Waals surface area contributed by atoms with Crippen LogP contribution < -0.4 is 0 Å². The fourth-order valence-corrected chi connectivity index (χ4v) is 8.83. The van der Waals surface area contributed by atoms with Gasteiger partial charge in [-0.1, -0.05) is 164 Å². The lowest BCUT2D eigenvalue weighted by Crippen LogP contribution is -2.12. The summed E-state index contributed by atoms with van der Waals surface area (Å²) in [7, 11) is 0. The smallest absolute Gasteiger partial charge is 0.160 e. The Morgan fingerprint density at radius 3 is 1.90 bits per heavy atom. The van der Waals surface area contributed by atoms with Crippen LogP contribution in [0.3, 0.4) is 0 Å². The predicted molar refractivity (Wildman–Crippen MR) is 208 cm³/mol. The van der Waals surface area contributed by atoms with Crippen LogP contribution in [0.2, 0.25) is 0 Å². The number of fused-ring (bicyclic) bond motifs is 3. The number of hydrogen-bond donors (Lipinski definition) is 0. The summed E-state index contributed by atoms with van der Waals surface area (Å²) in [6.45, 7) is 0. The first-order valence-electron chi connectivity index (χ1n) is 17.4. The summed E-state index contributed by atoms with van der Waals surface area (Å²) in [6.07, 6.45) is 13.6. The van der Waals surface area contributed by atoms with Gasteiger partial charge in [-0.15, -0.1) is 0 Å². The molecular weight excluding hydrogens is 605 g/mol. The molecule has 50 heavy (non-hydrogen) atoms. The third-order valence-corrected chi connectivity index (χ3v) is 11.0. The second-order valence-corrected chi connectivity index (χ2v) is 13.6. The second kappa shape index (κ2) is 10.6. The first-order valence-corrected chi connectivity index (χ1v) is 17.4. The van der Waals surface area contributed by atoms with Crippen molar-refractivity contribution in [1.82, 2.24) is 9.97 Å². The van der Waals surface area contributed by atoms with Crippen molar-refractivity contribution in [3.8, 4) is 44.9 Å². The van der Waals surface area contributed by atoms with Gasteiger partial charge in [0.15, 0.2) is 5.82 Å². The first kappa shape index (κ1) is 27.6. The Bertz CT molecular complexity index is 2790. The Morgan fingerprint density at radius 2 is 1.14 bits per heavy atom. The van der Waals surface area contributed by atoms with E-state index in [1.54, 1.807) is 0 Å². The molecule has 0 fully saturated rings. The molecule has 2 nitrogen and oxygen atoms in total. The molecule has 232 valence electrons. The van der Waals surface area contributed by atoms with E-state index in [9.17, 15) is 0 Å². The highest BCUT2D eigenvalue weighted by Gasteiger charge is 2.42. The van der Waals surface area contributed by atoms with Gasteiger partial charge in [0.25, 0.3) is 0 Å². The van der Waals surface area contributed by atoms with Crippen molar-refractivity contribution in [2.75, 3.05) is 0 Å². The maximum atomic E-state index is 5.55. The van der Waals surface area contributed by atoms with Gasteiger partial charge in [-0.3, -0.25) is 0 Å². The molecule has 1 aromatic heterocycles. The number of hydrogen-bond acceptors (Lipinski definition) is 2. The average Bonchev–Trinajstić information content (AvgIpc) is 3.52. The van der Waals surface area contributed by atoms with E-state index in [-0.39, 0.29) is 11.8 Å². The molecule has 0 bridgehead atoms. The Hall–Kier alpha value is -6.38. The minimum atomic E-state index is 0.173. The summed E-state index contributed by atoms with van der Waals surface area (Å²) < 4.78 is 0. The molecular formula is C48H30N2. The third kappa shape index (κ3) is 3.90. The quantitative estimate of drug-likeness (QED) is 0.180. The van der Waals surface area contributed by atoms with Crippen molar-refractivity contribution >= 4 is 37.9 Å². The van der Waals surface area contributed by atoms with Gasteiger partial charge < -0.3 is 0 Å². The highest BCUT2D eigenvalue weighted by Crippen LogP contribution is 2.56. The standard InChI is InChI=1S/C48H30N2/c1-4-12-29(13-5-1)34-24-22-32-23-25-36-40(30-14-6-2-7-15-30)28-41(37-27-26-35(34)43(32)44(36)37)47-45-38-20-10-18-31-19-11-21-39(42(31)38)46(45)49-48(50-47)33-16-8-3-9-17-33/h1-28,39,42H. The first-order chi connectivity index (χ1) is 24.8. The summed E-state index contributed by atoms with van der Waals surface area (Å²) in [5.74, 6) is 1.20. The zero-order valence-corrected chi connectivity index (χ0v) is 27.2. The summed E-state index contributed by atoms with van der Waals surface area (Å²) in [5.41, 5.74) is 13.0. The summed E-state index contributed by atoms with van der Waals surface area (Å²) in [5, 5.41) is 7.59. The lowest BCUT2D eigenvalue weighted by atomic mass is 9.79. The number of nitrogens with zero attached hydrogens (tertiary/aromatic N) is 2. The Kier molecular flexibility index (Phi) is 5.82. The molecule has 0 spiro atoms. The van der Waals surface area contributed by atoms with Crippen LogP contribution in [-0.4, -0.2) is 9.97 Å². The lowest BCUT2D eigenvalue weighted by molar-refractivity contribution is 0.704. The maximum absolute atomic E-state index is 5.55. The van der Waals surface area contributed by atoms with Crippen LogP contribution in [0.15, 0.2) is 175 Å². The zero-order chi connectivity index (χ0) is 32.8. The number of allylic oxidation sites excluding steroid dienone is 8. The second-order valence-electron chi connectivity index (χ2n) is 13.6. The molecule has 0 saturated heterocycles. The SMILES string of the molecule is C1=CC2=CC=CC3c4nc(-c5ccccc5)nc(-c5cc(-c6ccccc6)c6ccc7ccc(-c8ccccc8)c8ccc5c6c78)c4C(=C1)C23. The number of benzene rings is 7. The molecule has 0 N–H and O–H groups in total. The van der Waals surface area contributed by atoms with E-state index in [0.717, 1.165) is 28.3 Å². The molecule has 3 aliphatic rings. The molecule has 0 amide bonds. The molecule has 2 heteroatoms. The molecule has 1 heterocycles. The van der Waals surface area contributed by atoms with E-state index < -0.39 is 0 Å². The fourth-order valence-electron chi connectivity index (χ4n) is 8.83. The average molecular weight is 635 g/mol. The highest BCUT2D eigenvalue weighted by atomic mass is 14.9. The van der Waals surface area contributed by atoms with Crippen LogP contribution in [0.5, 0.6) is 0 Å². The van der Waals surface area contributed by atoms with Crippen LogP contribution in [0.25, 0.3) is 82.8 Å². The molecule has 3 aliphatic carbocycles. The van der Waals surface area contributed by atoms with Crippen LogP contribution in [0.1, 0.15) is 17.2 Å². The Balaban J connectivity index is 1.30. The molecule has 7 aromatic carbocycles. The molecule has 0 aliphatic heterocycles. The molecule has 8 aromatic rings. The third-order valence-electron chi connectivity index (χ3n) is 11.0. The topological polar surface area (TPSA) is 25.8 Å². The highest BCUT2D eigenvalue weighted by molar-refractivity contribution is 6.30.